The lowest BCUT2D eigenvalue weighted by atomic mass is 10.1. The van der Waals surface area contributed by atoms with Gasteiger partial charge in [0.2, 0.25) is 0 Å². The monoisotopic (exact) mass is 273 g/mol. The third-order valence-electron chi connectivity index (χ3n) is 2.50. The van der Waals surface area contributed by atoms with E-state index in [0.29, 0.717) is 5.70 Å². The van der Waals surface area contributed by atoms with Crippen LogP contribution in [-0.4, -0.2) is 68.8 Å². The van der Waals surface area contributed by atoms with E-state index in [0.717, 1.165) is 0 Å². The first-order valence-electron chi connectivity index (χ1n) is 5.41. The number of hydrogen-bond acceptors (Lipinski definition) is 6. The molecule has 1 aliphatic heterocycles. The van der Waals surface area contributed by atoms with Crippen molar-refractivity contribution in [3.63, 3.8) is 0 Å². The normalized spacial score (nSPS) is 16.2. The van der Waals surface area contributed by atoms with Gasteiger partial charge in [-0.1, -0.05) is 0 Å². The van der Waals surface area contributed by atoms with Gasteiger partial charge in [-0.3, -0.25) is 14.4 Å². The SMILES string of the molecule is N[C@@H](CC1=CN(CC(=O)O)CN1CC(=O)O)C(=O)O. The number of carboxylic acids is 3. The van der Waals surface area contributed by atoms with Gasteiger partial charge in [-0.05, 0) is 0 Å². The molecule has 106 valence electrons. The molecule has 1 heterocycles. The molecule has 5 N–H and O–H groups in total. The first-order chi connectivity index (χ1) is 8.79. The molecule has 0 aliphatic carbocycles. The standard InChI is InChI=1S/C10H15N3O6/c11-7(10(18)19)1-6-2-12(3-8(14)15)5-13(6)4-9(16)17/h2,7H,1,3-5,11H2,(H,14,15)(H,16,17)(H,18,19)/t7-/m0/s1. The summed E-state index contributed by atoms with van der Waals surface area (Å²) in [6.07, 6.45) is 1.37. The number of carbonyl (C=O) groups is 3. The molecule has 0 amide bonds. The summed E-state index contributed by atoms with van der Waals surface area (Å²) in [7, 11) is 0. The number of nitrogens with two attached hydrogens (primary N) is 1. The molecule has 1 aliphatic rings. The Labute approximate surface area is 108 Å². The molecule has 19 heavy (non-hydrogen) atoms. The molecule has 0 aromatic rings. The van der Waals surface area contributed by atoms with Crippen LogP contribution in [-0.2, 0) is 14.4 Å². The average Bonchev–Trinajstić information content (AvgIpc) is 2.58. The van der Waals surface area contributed by atoms with Gasteiger partial charge in [-0.25, -0.2) is 0 Å². The Morgan fingerprint density at radius 2 is 1.79 bits per heavy atom. The van der Waals surface area contributed by atoms with Gasteiger partial charge in [-0.2, -0.15) is 0 Å². The summed E-state index contributed by atoms with van der Waals surface area (Å²) in [5.74, 6) is -3.35. The highest BCUT2D eigenvalue weighted by atomic mass is 16.4. The molecule has 0 fully saturated rings. The van der Waals surface area contributed by atoms with Gasteiger partial charge in [-0.15, -0.1) is 0 Å². The van der Waals surface area contributed by atoms with Crippen LogP contribution in [0.4, 0.5) is 0 Å². The maximum Gasteiger partial charge on any atom is 0.323 e. The van der Waals surface area contributed by atoms with Gasteiger partial charge in [0.15, 0.2) is 0 Å². The van der Waals surface area contributed by atoms with E-state index >= 15 is 0 Å². The molecule has 0 aromatic carbocycles. The minimum absolute atomic E-state index is 0.0568. The number of rotatable bonds is 7. The highest BCUT2D eigenvalue weighted by Gasteiger charge is 2.26. The van der Waals surface area contributed by atoms with Crippen molar-refractivity contribution in [3.05, 3.63) is 11.9 Å². The fourth-order valence-electron chi connectivity index (χ4n) is 1.72. The van der Waals surface area contributed by atoms with Crippen molar-refractivity contribution in [3.8, 4) is 0 Å². The Morgan fingerprint density at radius 3 is 2.26 bits per heavy atom. The number of carboxylic acid groups (broad SMARTS) is 3. The number of nitrogens with zero attached hydrogens (tertiary/aromatic N) is 2. The molecular weight excluding hydrogens is 258 g/mol. The zero-order valence-electron chi connectivity index (χ0n) is 10.0. The van der Waals surface area contributed by atoms with E-state index in [1.54, 1.807) is 0 Å². The third kappa shape index (κ3) is 4.47. The van der Waals surface area contributed by atoms with Crippen molar-refractivity contribution in [1.82, 2.24) is 9.80 Å². The summed E-state index contributed by atoms with van der Waals surface area (Å²) in [5.41, 5.74) is 5.79. The molecule has 0 saturated heterocycles. The van der Waals surface area contributed by atoms with Crippen LogP contribution in [0.5, 0.6) is 0 Å². The zero-order valence-corrected chi connectivity index (χ0v) is 10.0. The Balaban J connectivity index is 2.76. The molecule has 0 bridgehead atoms. The summed E-state index contributed by atoms with van der Waals surface area (Å²) in [6.45, 7) is -0.545. The summed E-state index contributed by atoms with van der Waals surface area (Å²) in [5, 5.41) is 26.2. The number of hydrogen-bond donors (Lipinski definition) is 4. The Kier molecular flexibility index (Phi) is 4.70. The summed E-state index contributed by atoms with van der Waals surface area (Å²) >= 11 is 0. The van der Waals surface area contributed by atoms with Crippen LogP contribution in [0.15, 0.2) is 11.9 Å². The fraction of sp³-hybridized carbons (Fsp3) is 0.500. The van der Waals surface area contributed by atoms with E-state index in [1.165, 1.54) is 16.0 Å². The Hall–Kier alpha value is -2.29. The molecule has 0 spiro atoms. The quantitative estimate of drug-likeness (QED) is 0.429. The van der Waals surface area contributed by atoms with Crippen molar-refractivity contribution >= 4 is 17.9 Å². The molecule has 1 rings (SSSR count). The summed E-state index contributed by atoms with van der Waals surface area (Å²) in [6, 6.07) is -1.16. The highest BCUT2D eigenvalue weighted by Crippen LogP contribution is 2.19. The highest BCUT2D eigenvalue weighted by molar-refractivity contribution is 5.74. The molecule has 0 aromatic heterocycles. The van der Waals surface area contributed by atoms with Crippen LogP contribution in [0.2, 0.25) is 0 Å². The number of aliphatic carboxylic acids is 3. The minimum Gasteiger partial charge on any atom is -0.480 e. The van der Waals surface area contributed by atoms with Crippen molar-refractivity contribution < 1.29 is 29.7 Å². The van der Waals surface area contributed by atoms with Crippen LogP contribution in [0.25, 0.3) is 0 Å². The lowest BCUT2D eigenvalue weighted by Crippen LogP contribution is -2.36. The smallest absolute Gasteiger partial charge is 0.323 e. The first kappa shape index (κ1) is 14.8. The second kappa shape index (κ2) is 6.05. The lowest BCUT2D eigenvalue weighted by molar-refractivity contribution is -0.139. The van der Waals surface area contributed by atoms with Crippen LogP contribution in [0, 0.1) is 0 Å². The van der Waals surface area contributed by atoms with Crippen molar-refractivity contribution in [2.24, 2.45) is 5.73 Å². The van der Waals surface area contributed by atoms with E-state index in [4.69, 9.17) is 21.1 Å². The van der Waals surface area contributed by atoms with Gasteiger partial charge in [0.05, 0.1) is 6.67 Å². The van der Waals surface area contributed by atoms with Gasteiger partial charge in [0, 0.05) is 18.3 Å². The molecule has 9 heteroatoms. The molecule has 1 atom stereocenters. The topological polar surface area (TPSA) is 144 Å². The second-order valence-electron chi connectivity index (χ2n) is 4.14. The first-order valence-corrected chi connectivity index (χ1v) is 5.41. The van der Waals surface area contributed by atoms with Crippen molar-refractivity contribution in [2.45, 2.75) is 12.5 Å². The van der Waals surface area contributed by atoms with Gasteiger partial charge in [0.1, 0.15) is 19.1 Å². The van der Waals surface area contributed by atoms with Crippen molar-refractivity contribution in [2.75, 3.05) is 19.8 Å². The molecule has 9 nitrogen and oxygen atoms in total. The Bertz CT molecular complexity index is 421. The summed E-state index contributed by atoms with van der Waals surface area (Å²) < 4.78 is 0. The molecule has 0 saturated carbocycles. The van der Waals surface area contributed by atoms with E-state index in [2.05, 4.69) is 0 Å². The predicted molar refractivity (Wildman–Crippen MR) is 61.9 cm³/mol. The molecular formula is C10H15N3O6. The van der Waals surface area contributed by atoms with Crippen LogP contribution in [0.3, 0.4) is 0 Å². The second-order valence-corrected chi connectivity index (χ2v) is 4.14. The maximum absolute atomic E-state index is 10.7. The van der Waals surface area contributed by atoms with E-state index < -0.39 is 23.9 Å². The van der Waals surface area contributed by atoms with Crippen molar-refractivity contribution in [1.29, 1.82) is 0 Å². The van der Waals surface area contributed by atoms with E-state index in [1.807, 2.05) is 0 Å². The van der Waals surface area contributed by atoms with Crippen LogP contribution in [0.1, 0.15) is 6.42 Å². The van der Waals surface area contributed by atoms with E-state index in [-0.39, 0.29) is 26.2 Å². The van der Waals surface area contributed by atoms with Gasteiger partial charge in [0.25, 0.3) is 0 Å². The molecule has 0 unspecified atom stereocenters. The Morgan fingerprint density at radius 1 is 1.21 bits per heavy atom. The minimum atomic E-state index is -1.20. The van der Waals surface area contributed by atoms with Gasteiger partial charge >= 0.3 is 17.9 Å². The maximum atomic E-state index is 10.7. The van der Waals surface area contributed by atoms with Crippen LogP contribution >= 0.6 is 0 Å². The third-order valence-corrected chi connectivity index (χ3v) is 2.50. The fourth-order valence-corrected chi connectivity index (χ4v) is 1.72. The largest absolute Gasteiger partial charge is 0.480 e. The summed E-state index contributed by atoms with van der Waals surface area (Å²) in [4.78, 5) is 34.7. The predicted octanol–water partition coefficient (Wildman–Crippen LogP) is -1.63. The zero-order chi connectivity index (χ0) is 14.6. The van der Waals surface area contributed by atoms with Crippen LogP contribution < -0.4 is 5.73 Å². The average molecular weight is 273 g/mol. The van der Waals surface area contributed by atoms with Gasteiger partial charge < -0.3 is 30.9 Å². The van der Waals surface area contributed by atoms with E-state index in [9.17, 15) is 14.4 Å². The molecule has 0 radical (unpaired) electrons. The lowest BCUT2D eigenvalue weighted by Gasteiger charge is -2.22.